The molecule has 2 atom stereocenters. The van der Waals surface area contributed by atoms with Crippen molar-refractivity contribution in [1.82, 2.24) is 5.32 Å². The van der Waals surface area contributed by atoms with E-state index in [2.05, 4.69) is 5.32 Å². The minimum atomic E-state index is -0.623. The van der Waals surface area contributed by atoms with Crippen LogP contribution in [0.4, 0.5) is 10.5 Å². The predicted octanol–water partition coefficient (Wildman–Crippen LogP) is 1.59. The van der Waals surface area contributed by atoms with Gasteiger partial charge in [0.15, 0.2) is 0 Å². The Morgan fingerprint density at radius 2 is 2.13 bits per heavy atom. The van der Waals surface area contributed by atoms with E-state index in [9.17, 15) is 14.7 Å². The molecule has 0 spiro atoms. The molecular weight excluding hydrogens is 361 g/mol. The molecule has 0 unspecified atom stereocenters. The molecule has 9 heteroatoms. The van der Waals surface area contributed by atoms with Crippen LogP contribution in [0.1, 0.15) is 5.56 Å². The van der Waals surface area contributed by atoms with Crippen LogP contribution < -0.4 is 16.0 Å². The first kappa shape index (κ1) is 18.1. The number of nitrogens with one attached hydrogen (secondary N) is 1. The molecule has 0 bridgehead atoms. The minimum absolute atomic E-state index is 0. The van der Waals surface area contributed by atoms with Gasteiger partial charge in [0.05, 0.1) is 21.7 Å². The number of rotatable bonds is 2. The number of hydrogen-bond donors (Lipinski definition) is 3. The molecule has 0 radical (unpaired) electrons. The van der Waals surface area contributed by atoms with E-state index < -0.39 is 17.3 Å². The second kappa shape index (κ2) is 7.11. The molecule has 2 amide bonds. The Labute approximate surface area is 148 Å². The molecule has 2 heterocycles. The number of aliphatic hydroxyl groups excluding tert-OH is 1. The lowest BCUT2D eigenvalue weighted by molar-refractivity contribution is -0.115. The summed E-state index contributed by atoms with van der Waals surface area (Å²) in [6.07, 6.45) is 1.00. The Hall–Kier alpha value is -1.25. The molecule has 1 aromatic carbocycles. The zero-order valence-electron chi connectivity index (χ0n) is 11.9. The average Bonchev–Trinajstić information content (AvgIpc) is 2.93. The molecule has 0 saturated carbocycles. The predicted molar refractivity (Wildman–Crippen MR) is 94.0 cm³/mol. The molecule has 0 aliphatic carbocycles. The Kier molecular flexibility index (Phi) is 5.59. The zero-order chi connectivity index (χ0) is 15.9. The van der Waals surface area contributed by atoms with Crippen LogP contribution >= 0.6 is 35.8 Å². The van der Waals surface area contributed by atoms with Crippen LogP contribution in [0.5, 0.6) is 0 Å². The van der Waals surface area contributed by atoms with Crippen molar-refractivity contribution in [1.29, 1.82) is 0 Å². The van der Waals surface area contributed by atoms with Gasteiger partial charge in [0.2, 0.25) is 0 Å². The Bertz CT molecular complexity index is 673. The van der Waals surface area contributed by atoms with Gasteiger partial charge in [-0.3, -0.25) is 14.9 Å². The van der Waals surface area contributed by atoms with Crippen LogP contribution in [0.15, 0.2) is 23.1 Å². The van der Waals surface area contributed by atoms with Crippen molar-refractivity contribution < 1.29 is 14.7 Å². The second-order valence-corrected chi connectivity index (χ2v) is 6.59. The van der Waals surface area contributed by atoms with E-state index in [1.54, 1.807) is 24.3 Å². The SMILES string of the molecule is Cl.N[C@H]1CN(c2c(Cl)cccc2C=C2SC(=O)NC2=O)C[C@@H]1O. The van der Waals surface area contributed by atoms with Gasteiger partial charge in [-0.2, -0.15) is 0 Å². The zero-order valence-corrected chi connectivity index (χ0v) is 14.2. The number of anilines is 1. The molecule has 23 heavy (non-hydrogen) atoms. The molecule has 6 nitrogen and oxygen atoms in total. The fourth-order valence-corrected chi connectivity index (χ4v) is 3.51. The van der Waals surface area contributed by atoms with E-state index in [-0.39, 0.29) is 18.4 Å². The van der Waals surface area contributed by atoms with Gasteiger partial charge in [-0.1, -0.05) is 23.7 Å². The number of thioether (sulfide) groups is 1. The van der Waals surface area contributed by atoms with Gasteiger partial charge in [0.1, 0.15) is 0 Å². The van der Waals surface area contributed by atoms with Gasteiger partial charge in [0.25, 0.3) is 11.1 Å². The lowest BCUT2D eigenvalue weighted by Crippen LogP contribution is -2.32. The van der Waals surface area contributed by atoms with Crippen molar-refractivity contribution in [3.8, 4) is 0 Å². The molecule has 124 valence electrons. The number of para-hydroxylation sites is 1. The number of nitrogens with zero attached hydrogens (tertiary/aromatic N) is 1. The Balaban J connectivity index is 0.00000192. The van der Waals surface area contributed by atoms with Crippen LogP contribution in [0.3, 0.4) is 0 Å². The van der Waals surface area contributed by atoms with Gasteiger partial charge in [-0.15, -0.1) is 12.4 Å². The van der Waals surface area contributed by atoms with E-state index in [1.165, 1.54) is 0 Å². The van der Waals surface area contributed by atoms with Gasteiger partial charge in [-0.05, 0) is 23.9 Å². The summed E-state index contributed by atoms with van der Waals surface area (Å²) in [7, 11) is 0. The molecule has 2 fully saturated rings. The first-order chi connectivity index (χ1) is 10.5. The second-order valence-electron chi connectivity index (χ2n) is 5.17. The highest BCUT2D eigenvalue weighted by Crippen LogP contribution is 2.35. The number of aliphatic hydroxyl groups is 1. The number of β-amino-alcohol motifs (C(OH)–C–C–N with tert-alkyl or cyclic N) is 1. The van der Waals surface area contributed by atoms with E-state index >= 15 is 0 Å². The van der Waals surface area contributed by atoms with Crippen molar-refractivity contribution in [3.63, 3.8) is 0 Å². The largest absolute Gasteiger partial charge is 0.390 e. The quantitative estimate of drug-likeness (QED) is 0.679. The lowest BCUT2D eigenvalue weighted by atomic mass is 10.1. The number of imide groups is 1. The number of benzene rings is 1. The summed E-state index contributed by atoms with van der Waals surface area (Å²) >= 11 is 7.14. The smallest absolute Gasteiger partial charge is 0.290 e. The number of hydrogen-bond acceptors (Lipinski definition) is 6. The van der Waals surface area contributed by atoms with E-state index in [1.807, 2.05) is 4.90 Å². The van der Waals surface area contributed by atoms with E-state index in [0.717, 1.165) is 11.8 Å². The lowest BCUT2D eigenvalue weighted by Gasteiger charge is -2.22. The molecule has 1 aromatic rings. The van der Waals surface area contributed by atoms with Crippen LogP contribution in [0.2, 0.25) is 5.02 Å². The highest BCUT2D eigenvalue weighted by atomic mass is 35.5. The molecule has 2 aliphatic heterocycles. The normalized spacial score (nSPS) is 25.7. The Morgan fingerprint density at radius 3 is 2.70 bits per heavy atom. The highest BCUT2D eigenvalue weighted by molar-refractivity contribution is 8.18. The van der Waals surface area contributed by atoms with Crippen molar-refractivity contribution in [2.75, 3.05) is 18.0 Å². The number of amides is 2. The molecule has 4 N–H and O–H groups in total. The number of halogens is 2. The molecule has 3 rings (SSSR count). The minimum Gasteiger partial charge on any atom is -0.390 e. The van der Waals surface area contributed by atoms with Crippen LogP contribution in [0, 0.1) is 0 Å². The molecule has 2 aliphatic rings. The van der Waals surface area contributed by atoms with Gasteiger partial charge >= 0.3 is 0 Å². The summed E-state index contributed by atoms with van der Waals surface area (Å²) in [6, 6.07) is 4.97. The number of carbonyl (C=O) groups excluding carboxylic acids is 2. The topological polar surface area (TPSA) is 95.7 Å². The first-order valence-corrected chi connectivity index (χ1v) is 7.87. The van der Waals surface area contributed by atoms with Crippen molar-refractivity contribution >= 4 is 58.7 Å². The monoisotopic (exact) mass is 375 g/mol. The van der Waals surface area contributed by atoms with Gasteiger partial charge in [-0.25, -0.2) is 0 Å². The summed E-state index contributed by atoms with van der Waals surface area (Å²) in [5.74, 6) is -0.418. The molecule has 2 saturated heterocycles. The standard InChI is InChI=1S/C14H14ClN3O3S.ClH/c15-8-3-1-2-7(4-11-13(20)17-14(21)22-11)12(8)18-5-9(16)10(19)6-18;/h1-4,9-10,19H,5-6,16H2,(H,17,20,21);1H/t9-,10-;/m0./s1. The summed E-state index contributed by atoms with van der Waals surface area (Å²) in [5.41, 5.74) is 7.26. The average molecular weight is 376 g/mol. The summed E-state index contributed by atoms with van der Waals surface area (Å²) in [5, 5.41) is 12.2. The first-order valence-electron chi connectivity index (χ1n) is 6.67. The maximum atomic E-state index is 11.7. The third-order valence-electron chi connectivity index (χ3n) is 3.60. The summed E-state index contributed by atoms with van der Waals surface area (Å²) in [4.78, 5) is 25.1. The molecule has 0 aromatic heterocycles. The summed E-state index contributed by atoms with van der Waals surface area (Å²) in [6.45, 7) is 0.846. The van der Waals surface area contributed by atoms with Gasteiger partial charge in [0, 0.05) is 24.7 Å². The van der Waals surface area contributed by atoms with Crippen molar-refractivity contribution in [2.24, 2.45) is 5.73 Å². The third kappa shape index (κ3) is 3.64. The fraction of sp³-hybridized carbons (Fsp3) is 0.286. The van der Waals surface area contributed by atoms with Crippen molar-refractivity contribution in [3.05, 3.63) is 33.7 Å². The molecular formula is C14H15Cl2N3O3S. The Morgan fingerprint density at radius 1 is 1.39 bits per heavy atom. The maximum Gasteiger partial charge on any atom is 0.290 e. The highest BCUT2D eigenvalue weighted by Gasteiger charge is 2.31. The van der Waals surface area contributed by atoms with E-state index in [0.29, 0.717) is 34.3 Å². The van der Waals surface area contributed by atoms with Crippen LogP contribution in [0.25, 0.3) is 6.08 Å². The third-order valence-corrected chi connectivity index (χ3v) is 4.71. The van der Waals surface area contributed by atoms with Crippen molar-refractivity contribution in [2.45, 2.75) is 12.1 Å². The van der Waals surface area contributed by atoms with E-state index in [4.69, 9.17) is 17.3 Å². The van der Waals surface area contributed by atoms with Gasteiger partial charge < -0.3 is 15.7 Å². The van der Waals surface area contributed by atoms with Crippen LogP contribution in [-0.4, -0.2) is 41.5 Å². The summed E-state index contributed by atoms with van der Waals surface area (Å²) < 4.78 is 0. The fourth-order valence-electron chi connectivity index (χ4n) is 2.54. The number of carbonyl (C=O) groups is 2. The number of nitrogens with two attached hydrogens (primary N) is 1. The maximum absolute atomic E-state index is 11.7. The van der Waals surface area contributed by atoms with Crippen LogP contribution in [-0.2, 0) is 4.79 Å².